The minimum atomic E-state index is 0.420. The summed E-state index contributed by atoms with van der Waals surface area (Å²) in [6.45, 7) is 1.98. The molecule has 1 aromatic carbocycles. The SMILES string of the molecule is Cc1ccc(Oc2ccc(CC#N)cc2)nc1. The van der Waals surface area contributed by atoms with E-state index in [9.17, 15) is 0 Å². The lowest BCUT2D eigenvalue weighted by Crippen LogP contribution is -1.88. The first-order valence-electron chi connectivity index (χ1n) is 5.34. The third-order valence-corrected chi connectivity index (χ3v) is 2.31. The number of ether oxygens (including phenoxy) is 1. The molecule has 0 saturated carbocycles. The highest BCUT2D eigenvalue weighted by molar-refractivity contribution is 5.31. The molecular weight excluding hydrogens is 212 g/mol. The lowest BCUT2D eigenvalue weighted by Gasteiger charge is -2.05. The fraction of sp³-hybridized carbons (Fsp3) is 0.143. The summed E-state index contributed by atoms with van der Waals surface area (Å²) in [6.07, 6.45) is 2.18. The Bertz CT molecular complexity index is 524. The molecule has 1 heterocycles. The van der Waals surface area contributed by atoms with E-state index >= 15 is 0 Å². The number of nitriles is 1. The highest BCUT2D eigenvalue weighted by atomic mass is 16.5. The summed E-state index contributed by atoms with van der Waals surface area (Å²) in [5.41, 5.74) is 2.08. The van der Waals surface area contributed by atoms with Crippen molar-refractivity contribution >= 4 is 0 Å². The molecular formula is C14H12N2O. The molecule has 0 bridgehead atoms. The molecule has 0 radical (unpaired) electrons. The second kappa shape index (κ2) is 5.13. The van der Waals surface area contributed by atoms with E-state index in [1.807, 2.05) is 43.3 Å². The third-order valence-electron chi connectivity index (χ3n) is 2.31. The molecule has 2 aromatic rings. The molecule has 0 atom stereocenters. The van der Waals surface area contributed by atoms with Gasteiger partial charge in [-0.25, -0.2) is 4.98 Å². The molecule has 84 valence electrons. The molecule has 0 N–H and O–H groups in total. The Morgan fingerprint density at radius 2 is 1.94 bits per heavy atom. The summed E-state index contributed by atoms with van der Waals surface area (Å²) in [7, 11) is 0. The number of aryl methyl sites for hydroxylation is 1. The van der Waals surface area contributed by atoms with Gasteiger partial charge in [-0.05, 0) is 30.2 Å². The minimum absolute atomic E-state index is 0.420. The first-order valence-corrected chi connectivity index (χ1v) is 5.34. The van der Waals surface area contributed by atoms with Crippen molar-refractivity contribution in [3.8, 4) is 17.7 Å². The van der Waals surface area contributed by atoms with Crippen LogP contribution >= 0.6 is 0 Å². The number of nitrogens with zero attached hydrogens (tertiary/aromatic N) is 2. The second-order valence-electron chi connectivity index (χ2n) is 3.75. The zero-order valence-electron chi connectivity index (χ0n) is 9.55. The van der Waals surface area contributed by atoms with E-state index in [4.69, 9.17) is 10.00 Å². The fourth-order valence-corrected chi connectivity index (χ4v) is 1.40. The van der Waals surface area contributed by atoms with Crippen molar-refractivity contribution in [2.24, 2.45) is 0 Å². The largest absolute Gasteiger partial charge is 0.439 e. The maximum atomic E-state index is 8.56. The van der Waals surface area contributed by atoms with Gasteiger partial charge in [0.1, 0.15) is 5.75 Å². The van der Waals surface area contributed by atoms with Crippen LogP contribution in [0.2, 0.25) is 0 Å². The van der Waals surface area contributed by atoms with E-state index in [2.05, 4.69) is 11.1 Å². The normalized spacial score (nSPS) is 9.65. The van der Waals surface area contributed by atoms with Gasteiger partial charge in [0.05, 0.1) is 12.5 Å². The van der Waals surface area contributed by atoms with Crippen molar-refractivity contribution in [1.82, 2.24) is 4.98 Å². The molecule has 0 fully saturated rings. The van der Waals surface area contributed by atoms with Gasteiger partial charge >= 0.3 is 0 Å². The molecule has 3 nitrogen and oxygen atoms in total. The van der Waals surface area contributed by atoms with Crippen LogP contribution in [0.25, 0.3) is 0 Å². The van der Waals surface area contributed by atoms with E-state index in [1.165, 1.54) is 0 Å². The van der Waals surface area contributed by atoms with Crippen LogP contribution in [-0.2, 0) is 6.42 Å². The smallest absolute Gasteiger partial charge is 0.219 e. The lowest BCUT2D eigenvalue weighted by molar-refractivity contribution is 0.462. The zero-order valence-corrected chi connectivity index (χ0v) is 9.55. The van der Waals surface area contributed by atoms with Gasteiger partial charge in [-0.3, -0.25) is 0 Å². The van der Waals surface area contributed by atoms with Crippen molar-refractivity contribution in [1.29, 1.82) is 5.26 Å². The molecule has 0 aliphatic rings. The predicted octanol–water partition coefficient (Wildman–Crippen LogP) is 3.25. The van der Waals surface area contributed by atoms with Gasteiger partial charge in [0.15, 0.2) is 0 Å². The molecule has 17 heavy (non-hydrogen) atoms. The Morgan fingerprint density at radius 1 is 1.18 bits per heavy atom. The summed E-state index contributed by atoms with van der Waals surface area (Å²) in [4.78, 5) is 4.16. The number of hydrogen-bond acceptors (Lipinski definition) is 3. The van der Waals surface area contributed by atoms with Crippen molar-refractivity contribution in [2.45, 2.75) is 13.3 Å². The summed E-state index contributed by atoms with van der Waals surface area (Å²) in [6, 6.07) is 13.3. The van der Waals surface area contributed by atoms with Gasteiger partial charge in [-0.2, -0.15) is 5.26 Å². The molecule has 0 aliphatic heterocycles. The summed E-state index contributed by atoms with van der Waals surface area (Å²) < 4.78 is 5.57. The summed E-state index contributed by atoms with van der Waals surface area (Å²) in [5.74, 6) is 1.30. The Labute approximate surface area is 100 Å². The van der Waals surface area contributed by atoms with Crippen LogP contribution in [0.15, 0.2) is 42.6 Å². The summed E-state index contributed by atoms with van der Waals surface area (Å²) >= 11 is 0. The number of rotatable bonds is 3. The van der Waals surface area contributed by atoms with Crippen LogP contribution in [0.1, 0.15) is 11.1 Å². The monoisotopic (exact) mass is 224 g/mol. The van der Waals surface area contributed by atoms with Crippen LogP contribution in [0.3, 0.4) is 0 Å². The number of aromatic nitrogens is 1. The van der Waals surface area contributed by atoms with Gasteiger partial charge < -0.3 is 4.74 Å². The number of benzene rings is 1. The lowest BCUT2D eigenvalue weighted by atomic mass is 10.2. The minimum Gasteiger partial charge on any atom is -0.439 e. The predicted molar refractivity (Wildman–Crippen MR) is 64.8 cm³/mol. The Hall–Kier alpha value is -2.34. The van der Waals surface area contributed by atoms with Crippen molar-refractivity contribution in [2.75, 3.05) is 0 Å². The Morgan fingerprint density at radius 3 is 2.53 bits per heavy atom. The average molecular weight is 224 g/mol. The number of pyridine rings is 1. The van der Waals surface area contributed by atoms with Crippen LogP contribution in [0, 0.1) is 18.3 Å². The van der Waals surface area contributed by atoms with E-state index in [1.54, 1.807) is 6.20 Å². The van der Waals surface area contributed by atoms with Crippen LogP contribution < -0.4 is 4.74 Å². The highest BCUT2D eigenvalue weighted by Gasteiger charge is 1.98. The molecule has 0 unspecified atom stereocenters. The molecule has 1 aromatic heterocycles. The fourth-order valence-electron chi connectivity index (χ4n) is 1.40. The van der Waals surface area contributed by atoms with E-state index < -0.39 is 0 Å². The van der Waals surface area contributed by atoms with Gasteiger partial charge in [-0.1, -0.05) is 18.2 Å². The van der Waals surface area contributed by atoms with Gasteiger partial charge in [-0.15, -0.1) is 0 Å². The second-order valence-corrected chi connectivity index (χ2v) is 3.75. The van der Waals surface area contributed by atoms with Crippen molar-refractivity contribution in [3.05, 3.63) is 53.7 Å². The zero-order chi connectivity index (χ0) is 12.1. The standard InChI is InChI=1S/C14H12N2O/c1-11-2-7-14(16-10-11)17-13-5-3-12(4-6-13)8-9-15/h2-7,10H,8H2,1H3. The molecule has 2 rings (SSSR count). The van der Waals surface area contributed by atoms with E-state index in [0.717, 1.165) is 16.9 Å². The van der Waals surface area contributed by atoms with Crippen molar-refractivity contribution < 1.29 is 4.74 Å². The van der Waals surface area contributed by atoms with Crippen LogP contribution in [0.4, 0.5) is 0 Å². The van der Waals surface area contributed by atoms with Crippen LogP contribution in [-0.4, -0.2) is 4.98 Å². The van der Waals surface area contributed by atoms with Crippen molar-refractivity contribution in [3.63, 3.8) is 0 Å². The Balaban J connectivity index is 2.09. The van der Waals surface area contributed by atoms with Gasteiger partial charge in [0.25, 0.3) is 0 Å². The Kier molecular flexibility index (Phi) is 3.37. The average Bonchev–Trinajstić information content (AvgIpc) is 2.35. The first kappa shape index (κ1) is 11.2. The van der Waals surface area contributed by atoms with E-state index in [0.29, 0.717) is 12.3 Å². The molecule has 0 saturated heterocycles. The molecule has 0 spiro atoms. The van der Waals surface area contributed by atoms with E-state index in [-0.39, 0.29) is 0 Å². The molecule has 0 amide bonds. The van der Waals surface area contributed by atoms with Crippen LogP contribution in [0.5, 0.6) is 11.6 Å². The first-order chi connectivity index (χ1) is 8.28. The van der Waals surface area contributed by atoms with Gasteiger partial charge in [0.2, 0.25) is 5.88 Å². The van der Waals surface area contributed by atoms with Gasteiger partial charge in [0, 0.05) is 12.3 Å². The summed E-state index contributed by atoms with van der Waals surface area (Å²) in [5, 5.41) is 8.56. The highest BCUT2D eigenvalue weighted by Crippen LogP contribution is 2.19. The quantitative estimate of drug-likeness (QED) is 0.803. The molecule has 0 aliphatic carbocycles. The maximum Gasteiger partial charge on any atom is 0.219 e. The maximum absolute atomic E-state index is 8.56. The molecule has 3 heteroatoms. The topological polar surface area (TPSA) is 45.9 Å². The third kappa shape index (κ3) is 3.05. The number of hydrogen-bond donors (Lipinski definition) is 0.